The summed E-state index contributed by atoms with van der Waals surface area (Å²) in [5.41, 5.74) is 3.34. The lowest BCUT2D eigenvalue weighted by Gasteiger charge is -2.11. The van der Waals surface area contributed by atoms with Crippen LogP contribution in [-0.4, -0.2) is 13.0 Å². The van der Waals surface area contributed by atoms with Gasteiger partial charge in [-0.05, 0) is 61.7 Å². The number of hydrogen-bond donors (Lipinski definition) is 0. The highest BCUT2D eigenvalue weighted by atomic mass is 32.2. The molecule has 0 aromatic heterocycles. The van der Waals surface area contributed by atoms with Crippen LogP contribution < -0.4 is 5.26 Å². The second-order valence-corrected chi connectivity index (χ2v) is 7.35. The number of nitrogens with zero attached hydrogens (tertiary/aromatic N) is 2. The van der Waals surface area contributed by atoms with E-state index in [1.54, 1.807) is 0 Å². The first-order valence-corrected chi connectivity index (χ1v) is 9.10. The van der Waals surface area contributed by atoms with E-state index in [1.807, 2.05) is 32.9 Å². The summed E-state index contributed by atoms with van der Waals surface area (Å²) in [4.78, 5) is -0.209. The molecule has 2 aromatic rings. The molecule has 2 aromatic carbocycles. The zero-order valence-corrected chi connectivity index (χ0v) is 15.2. The minimum absolute atomic E-state index is 0.160. The van der Waals surface area contributed by atoms with Crippen molar-refractivity contribution in [1.82, 2.24) is 0 Å². The highest BCUT2D eigenvalue weighted by Gasteiger charge is 2.11. The fourth-order valence-electron chi connectivity index (χ4n) is 2.05. The van der Waals surface area contributed by atoms with Crippen molar-refractivity contribution in [1.29, 1.82) is 0 Å². The summed E-state index contributed by atoms with van der Waals surface area (Å²) >= 11 is 0.550. The van der Waals surface area contributed by atoms with Crippen LogP contribution in [0.15, 0.2) is 50.4 Å². The van der Waals surface area contributed by atoms with Crippen molar-refractivity contribution in [3.63, 3.8) is 0 Å². The molecule has 0 fully saturated rings. The molecule has 134 valence electrons. The van der Waals surface area contributed by atoms with Crippen molar-refractivity contribution in [3.8, 4) is 0 Å². The first kappa shape index (κ1) is 19.5. The maximum absolute atomic E-state index is 11.4. The van der Waals surface area contributed by atoms with Crippen LogP contribution in [0, 0.1) is 20.8 Å². The van der Waals surface area contributed by atoms with Gasteiger partial charge in [-0.1, -0.05) is 6.07 Å². The highest BCUT2D eigenvalue weighted by molar-refractivity contribution is 7.94. The van der Waals surface area contributed by atoms with Crippen LogP contribution in [0.25, 0.3) is 0 Å². The molecule has 25 heavy (non-hydrogen) atoms. The average Bonchev–Trinajstić information content (AvgIpc) is 2.54. The van der Waals surface area contributed by atoms with E-state index in [9.17, 15) is 18.2 Å². The van der Waals surface area contributed by atoms with E-state index < -0.39 is 15.0 Å². The molecular weight excluding hydrogens is 368 g/mol. The lowest BCUT2D eigenvalue weighted by molar-refractivity contribution is -0.777. The lowest BCUT2D eigenvalue weighted by Crippen LogP contribution is -2.01. The van der Waals surface area contributed by atoms with E-state index in [0.717, 1.165) is 22.8 Å². The van der Waals surface area contributed by atoms with Gasteiger partial charge in [0.05, 0.1) is 22.6 Å². The second-order valence-electron chi connectivity index (χ2n) is 5.23. The van der Waals surface area contributed by atoms with E-state index in [-0.39, 0.29) is 5.69 Å². The molecular formula is C15H14N2O6S2-2. The molecule has 2 rings (SSSR count). The van der Waals surface area contributed by atoms with Crippen molar-refractivity contribution >= 4 is 33.5 Å². The minimum Gasteiger partial charge on any atom is -0.744 e. The van der Waals surface area contributed by atoms with E-state index in [0.29, 0.717) is 22.6 Å². The highest BCUT2D eigenvalue weighted by Crippen LogP contribution is 2.32. The molecule has 0 N–H and O–H groups in total. The van der Waals surface area contributed by atoms with Crippen molar-refractivity contribution in [2.75, 3.05) is 0 Å². The fourth-order valence-corrected chi connectivity index (χ4v) is 3.03. The van der Waals surface area contributed by atoms with Crippen molar-refractivity contribution in [2.24, 2.45) is 10.2 Å². The Morgan fingerprint density at radius 3 is 2.24 bits per heavy atom. The number of rotatable bonds is 6. The summed E-state index contributed by atoms with van der Waals surface area (Å²) in [5.74, 6) is 0. The van der Waals surface area contributed by atoms with Gasteiger partial charge in [0.25, 0.3) is 0 Å². The Balaban J connectivity index is 2.47. The molecule has 0 heterocycles. The largest absolute Gasteiger partial charge is 0.744 e. The molecule has 0 atom stereocenters. The third kappa shape index (κ3) is 5.08. The van der Waals surface area contributed by atoms with Crippen LogP contribution in [0.3, 0.4) is 0 Å². The van der Waals surface area contributed by atoms with Gasteiger partial charge in [-0.25, -0.2) is 8.42 Å². The van der Waals surface area contributed by atoms with E-state index in [2.05, 4.69) is 19.6 Å². The third-order valence-corrected chi connectivity index (χ3v) is 4.89. The van der Waals surface area contributed by atoms with Crippen LogP contribution in [0.1, 0.15) is 16.7 Å². The Morgan fingerprint density at radius 2 is 1.60 bits per heavy atom. The van der Waals surface area contributed by atoms with Gasteiger partial charge in [-0.3, -0.25) is 5.04 Å². The molecule has 0 radical (unpaired) electrons. The standard InChI is InChI=1S/C15H16N2O6S2/c1-9-6-11(3)13(7-10(9)2)16-17-14-8-12(24-23-22-18)4-5-15(14)25(19,20)21/h4-8,18H,1-3H3,(H,19,20,21)/p-2. The summed E-state index contributed by atoms with van der Waals surface area (Å²) < 4.78 is 38.3. The van der Waals surface area contributed by atoms with Crippen molar-refractivity contribution in [2.45, 2.75) is 30.6 Å². The van der Waals surface area contributed by atoms with Crippen molar-refractivity contribution in [3.05, 3.63) is 47.0 Å². The molecule has 10 heteroatoms. The van der Waals surface area contributed by atoms with Crippen LogP contribution in [-0.2, 0) is 19.5 Å². The van der Waals surface area contributed by atoms with Gasteiger partial charge >= 0.3 is 0 Å². The summed E-state index contributed by atoms with van der Waals surface area (Å²) in [7, 11) is -4.75. The monoisotopic (exact) mass is 382 g/mol. The molecule has 0 bridgehead atoms. The third-order valence-electron chi connectivity index (χ3n) is 3.44. The van der Waals surface area contributed by atoms with Gasteiger partial charge in [0.2, 0.25) is 0 Å². The minimum atomic E-state index is -4.75. The topological polar surface area (TPSA) is 123 Å². The summed E-state index contributed by atoms with van der Waals surface area (Å²) in [6.45, 7) is 5.72. The zero-order valence-electron chi connectivity index (χ0n) is 13.5. The Labute approximate surface area is 149 Å². The van der Waals surface area contributed by atoms with Crippen molar-refractivity contribution < 1.29 is 27.6 Å². The molecule has 0 aliphatic carbocycles. The van der Waals surface area contributed by atoms with E-state index >= 15 is 0 Å². The van der Waals surface area contributed by atoms with Gasteiger partial charge in [-0.15, -0.1) is 5.11 Å². The summed E-state index contributed by atoms with van der Waals surface area (Å²) in [6, 6.07) is 7.36. The molecule has 8 nitrogen and oxygen atoms in total. The lowest BCUT2D eigenvalue weighted by atomic mass is 10.1. The second kappa shape index (κ2) is 8.04. The van der Waals surface area contributed by atoms with Crippen LogP contribution in [0.2, 0.25) is 0 Å². The molecule has 0 saturated heterocycles. The SMILES string of the molecule is Cc1cc(C)c(N=Nc2cc(SOO[O-])ccc2S(=O)(=O)[O-])cc1C. The van der Waals surface area contributed by atoms with Crippen LogP contribution >= 0.6 is 12.0 Å². The number of aryl methyl sites for hydroxylation is 3. The predicted molar refractivity (Wildman–Crippen MR) is 87.3 cm³/mol. The van der Waals surface area contributed by atoms with Gasteiger partial charge in [-0.2, -0.15) is 9.45 Å². The summed E-state index contributed by atoms with van der Waals surface area (Å²) in [6.07, 6.45) is 0. The quantitative estimate of drug-likeness (QED) is 0.247. The van der Waals surface area contributed by atoms with E-state index in [4.69, 9.17) is 0 Å². The van der Waals surface area contributed by atoms with E-state index in [1.165, 1.54) is 12.1 Å². The molecule has 0 aliphatic heterocycles. The van der Waals surface area contributed by atoms with Crippen LogP contribution in [0.4, 0.5) is 11.4 Å². The Morgan fingerprint density at radius 1 is 0.960 bits per heavy atom. The Hall–Kier alpha value is -1.82. The predicted octanol–water partition coefficient (Wildman–Crippen LogP) is 3.16. The maximum Gasteiger partial charge on any atom is 0.126 e. The number of benzene rings is 2. The van der Waals surface area contributed by atoms with Gasteiger partial charge in [0.15, 0.2) is 0 Å². The first-order valence-electron chi connectivity index (χ1n) is 6.95. The summed E-state index contributed by atoms with van der Waals surface area (Å²) in [5, 5.41) is 21.1. The molecule has 0 amide bonds. The van der Waals surface area contributed by atoms with Crippen LogP contribution in [0.5, 0.6) is 0 Å². The Bertz CT molecular complexity index is 912. The van der Waals surface area contributed by atoms with Gasteiger partial charge < -0.3 is 9.81 Å². The van der Waals surface area contributed by atoms with Gasteiger partial charge in [0.1, 0.15) is 15.8 Å². The number of hydrogen-bond acceptors (Lipinski definition) is 9. The Kier molecular flexibility index (Phi) is 6.27. The fraction of sp³-hybridized carbons (Fsp3) is 0.200. The van der Waals surface area contributed by atoms with Gasteiger partial charge in [0, 0.05) is 4.90 Å². The molecule has 0 unspecified atom stereocenters. The normalized spacial score (nSPS) is 12.0. The smallest absolute Gasteiger partial charge is 0.126 e. The molecule has 0 spiro atoms. The molecule has 0 saturated carbocycles. The maximum atomic E-state index is 11.4. The average molecular weight is 382 g/mol. The number of azo groups is 1. The zero-order chi connectivity index (χ0) is 18.6. The molecule has 0 aliphatic rings. The first-order chi connectivity index (χ1) is 11.7.